The van der Waals surface area contributed by atoms with E-state index in [4.69, 9.17) is 11.6 Å². The average molecular weight is 184 g/mol. The smallest absolute Gasteiger partial charge is 0.180 e. The van der Waals surface area contributed by atoms with Gasteiger partial charge in [-0.05, 0) is 0 Å². The zero-order chi connectivity index (χ0) is 8.55. The molecule has 0 fully saturated rings. The van der Waals surface area contributed by atoms with Gasteiger partial charge in [0, 0.05) is 7.05 Å². The van der Waals surface area contributed by atoms with Gasteiger partial charge in [0.2, 0.25) is 0 Å². The summed E-state index contributed by atoms with van der Waals surface area (Å²) in [7, 11) is 1.77. The van der Waals surface area contributed by atoms with Gasteiger partial charge in [-0.3, -0.25) is 0 Å². The lowest BCUT2D eigenvalue weighted by Gasteiger charge is -1.95. The Hall–Kier alpha value is -1.36. The summed E-state index contributed by atoms with van der Waals surface area (Å²) in [5, 5.41) is 7.84. The number of nitrogens with zero attached hydrogens (tertiary/aromatic N) is 4. The minimum absolute atomic E-state index is 0.377. The summed E-state index contributed by atoms with van der Waals surface area (Å²) < 4.78 is 1.59. The van der Waals surface area contributed by atoms with Gasteiger partial charge in [-0.25, -0.2) is 9.67 Å². The Morgan fingerprint density at radius 3 is 2.92 bits per heavy atom. The van der Waals surface area contributed by atoms with Crippen LogP contribution in [0.15, 0.2) is 12.5 Å². The van der Waals surface area contributed by atoms with E-state index in [-0.39, 0.29) is 0 Å². The summed E-state index contributed by atoms with van der Waals surface area (Å²) >= 11 is 5.79. The number of halogens is 1. The molecular formula is C6H6ClN5. The Balaban J connectivity index is 2.60. The van der Waals surface area contributed by atoms with E-state index in [0.29, 0.717) is 5.15 Å². The van der Waals surface area contributed by atoms with Crippen LogP contribution in [0.4, 0.5) is 0 Å². The molecule has 5 nitrogen and oxygen atoms in total. The van der Waals surface area contributed by atoms with Crippen molar-refractivity contribution in [2.24, 2.45) is 7.05 Å². The van der Waals surface area contributed by atoms with Crippen molar-refractivity contribution in [1.82, 2.24) is 25.0 Å². The third-order valence-corrected chi connectivity index (χ3v) is 1.79. The van der Waals surface area contributed by atoms with E-state index in [0.717, 1.165) is 11.4 Å². The van der Waals surface area contributed by atoms with Gasteiger partial charge in [0.25, 0.3) is 0 Å². The summed E-state index contributed by atoms with van der Waals surface area (Å²) in [6.07, 6.45) is 3.25. The van der Waals surface area contributed by atoms with Gasteiger partial charge in [-0.2, -0.15) is 0 Å². The molecule has 0 aromatic carbocycles. The Bertz CT molecular complexity index is 357. The third-order valence-electron chi connectivity index (χ3n) is 1.54. The van der Waals surface area contributed by atoms with Crippen LogP contribution in [0.2, 0.25) is 5.15 Å². The lowest BCUT2D eigenvalue weighted by molar-refractivity contribution is 0.719. The molecule has 62 valence electrons. The van der Waals surface area contributed by atoms with Crippen LogP contribution in [0.3, 0.4) is 0 Å². The van der Waals surface area contributed by atoms with Gasteiger partial charge >= 0.3 is 0 Å². The van der Waals surface area contributed by atoms with Crippen LogP contribution >= 0.6 is 11.6 Å². The first-order valence-corrected chi connectivity index (χ1v) is 3.71. The Kier molecular flexibility index (Phi) is 1.58. The van der Waals surface area contributed by atoms with Crippen molar-refractivity contribution in [3.05, 3.63) is 17.7 Å². The second kappa shape index (κ2) is 2.60. The van der Waals surface area contributed by atoms with E-state index in [2.05, 4.69) is 20.3 Å². The van der Waals surface area contributed by atoms with Gasteiger partial charge in [0.15, 0.2) is 5.15 Å². The zero-order valence-electron chi connectivity index (χ0n) is 6.32. The molecule has 0 saturated heterocycles. The van der Waals surface area contributed by atoms with Gasteiger partial charge in [0.05, 0.1) is 18.2 Å². The number of H-pyrrole nitrogens is 1. The third kappa shape index (κ3) is 0.984. The van der Waals surface area contributed by atoms with Crippen molar-refractivity contribution in [2.75, 3.05) is 0 Å². The molecule has 0 spiro atoms. The number of imidazole rings is 1. The monoisotopic (exact) mass is 183 g/mol. The molecular weight excluding hydrogens is 178 g/mol. The van der Waals surface area contributed by atoms with Crippen molar-refractivity contribution >= 4 is 11.6 Å². The number of nitrogens with one attached hydrogen (secondary N) is 1. The summed E-state index contributed by atoms with van der Waals surface area (Å²) in [4.78, 5) is 6.80. The summed E-state index contributed by atoms with van der Waals surface area (Å²) in [6, 6.07) is 0. The molecule has 0 bridgehead atoms. The van der Waals surface area contributed by atoms with Gasteiger partial charge in [-0.15, -0.1) is 5.10 Å². The van der Waals surface area contributed by atoms with E-state index in [1.54, 1.807) is 24.3 Å². The molecule has 0 unspecified atom stereocenters. The molecule has 2 aromatic heterocycles. The number of hydrogen-bond donors (Lipinski definition) is 1. The SMILES string of the molecule is Cn1nnc(Cl)c1-c1cnc[nH]1. The van der Waals surface area contributed by atoms with Crippen LogP contribution in [0.5, 0.6) is 0 Å². The summed E-state index contributed by atoms with van der Waals surface area (Å²) in [5.41, 5.74) is 1.56. The lowest BCUT2D eigenvalue weighted by Crippen LogP contribution is -1.93. The van der Waals surface area contributed by atoms with Crippen LogP contribution in [0.1, 0.15) is 0 Å². The maximum absolute atomic E-state index is 5.79. The molecule has 0 amide bonds. The first-order chi connectivity index (χ1) is 5.79. The van der Waals surface area contributed by atoms with Crippen LogP contribution < -0.4 is 0 Å². The molecule has 1 N–H and O–H groups in total. The first-order valence-electron chi connectivity index (χ1n) is 3.33. The molecule has 0 aliphatic rings. The van der Waals surface area contributed by atoms with Crippen molar-refractivity contribution in [3.8, 4) is 11.4 Å². The van der Waals surface area contributed by atoms with Gasteiger partial charge in [0.1, 0.15) is 5.69 Å². The number of aromatic amines is 1. The minimum Gasteiger partial charge on any atom is -0.343 e. The predicted molar refractivity (Wildman–Crippen MR) is 43.6 cm³/mol. The molecule has 0 radical (unpaired) electrons. The maximum atomic E-state index is 5.79. The van der Waals surface area contributed by atoms with E-state index in [9.17, 15) is 0 Å². The molecule has 12 heavy (non-hydrogen) atoms. The second-order valence-corrected chi connectivity index (χ2v) is 2.68. The molecule has 0 aliphatic heterocycles. The number of rotatable bonds is 1. The first kappa shape index (κ1) is 7.30. The molecule has 2 heterocycles. The number of aryl methyl sites for hydroxylation is 1. The van der Waals surface area contributed by atoms with E-state index < -0.39 is 0 Å². The molecule has 0 atom stereocenters. The summed E-state index contributed by atoms with van der Waals surface area (Å²) in [6.45, 7) is 0. The van der Waals surface area contributed by atoms with Crippen LogP contribution in [-0.4, -0.2) is 25.0 Å². The molecule has 6 heteroatoms. The standard InChI is InChI=1S/C6H6ClN5/c1-12-5(6(7)10-11-12)4-2-8-3-9-4/h2-3H,1H3,(H,8,9). The number of aromatic nitrogens is 5. The van der Waals surface area contributed by atoms with Crippen LogP contribution in [-0.2, 0) is 7.05 Å². The van der Waals surface area contributed by atoms with Gasteiger partial charge in [-0.1, -0.05) is 16.8 Å². The van der Waals surface area contributed by atoms with Gasteiger partial charge < -0.3 is 4.98 Å². The topological polar surface area (TPSA) is 59.4 Å². The zero-order valence-corrected chi connectivity index (χ0v) is 7.08. The highest BCUT2D eigenvalue weighted by atomic mass is 35.5. The number of hydrogen-bond acceptors (Lipinski definition) is 3. The normalized spacial score (nSPS) is 10.5. The van der Waals surface area contributed by atoms with Crippen LogP contribution in [0.25, 0.3) is 11.4 Å². The minimum atomic E-state index is 0.377. The van der Waals surface area contributed by atoms with E-state index >= 15 is 0 Å². The molecule has 2 rings (SSSR count). The van der Waals surface area contributed by atoms with E-state index in [1.807, 2.05) is 0 Å². The van der Waals surface area contributed by atoms with Crippen molar-refractivity contribution in [2.45, 2.75) is 0 Å². The lowest BCUT2D eigenvalue weighted by atomic mass is 10.4. The average Bonchev–Trinajstić information content (AvgIpc) is 2.61. The quantitative estimate of drug-likeness (QED) is 0.714. The second-order valence-electron chi connectivity index (χ2n) is 2.32. The Labute approximate surface area is 73.4 Å². The fourth-order valence-corrected chi connectivity index (χ4v) is 1.26. The molecule has 2 aromatic rings. The van der Waals surface area contributed by atoms with Crippen molar-refractivity contribution < 1.29 is 0 Å². The fraction of sp³-hybridized carbons (Fsp3) is 0.167. The summed E-state index contributed by atoms with van der Waals surface area (Å²) in [5.74, 6) is 0. The highest BCUT2D eigenvalue weighted by molar-refractivity contribution is 6.31. The Morgan fingerprint density at radius 1 is 1.58 bits per heavy atom. The fourth-order valence-electron chi connectivity index (χ4n) is 1.00. The highest BCUT2D eigenvalue weighted by Gasteiger charge is 2.10. The maximum Gasteiger partial charge on any atom is 0.180 e. The van der Waals surface area contributed by atoms with Crippen molar-refractivity contribution in [3.63, 3.8) is 0 Å². The predicted octanol–water partition coefficient (Wildman–Crippen LogP) is 0.859. The molecule has 0 saturated carbocycles. The molecule has 0 aliphatic carbocycles. The van der Waals surface area contributed by atoms with Crippen LogP contribution in [0, 0.1) is 0 Å². The highest BCUT2D eigenvalue weighted by Crippen LogP contribution is 2.21. The largest absolute Gasteiger partial charge is 0.343 e. The Morgan fingerprint density at radius 2 is 2.42 bits per heavy atom. The van der Waals surface area contributed by atoms with Crippen molar-refractivity contribution in [1.29, 1.82) is 0 Å². The van der Waals surface area contributed by atoms with E-state index in [1.165, 1.54) is 0 Å².